The third kappa shape index (κ3) is 2.58. The second-order valence-corrected chi connectivity index (χ2v) is 5.73. The standard InChI is InChI=1S/C15H12BrClN2O/c1-2-4-14-18-11(8-13(16)19-14)12-7-9-5-3-6-10(17)15(9)20-12/h3,5-8H,2,4H2,1H3. The topological polar surface area (TPSA) is 38.9 Å². The molecule has 0 amide bonds. The molecule has 3 aromatic rings. The van der Waals surface area contributed by atoms with Gasteiger partial charge in [0.15, 0.2) is 11.3 Å². The third-order valence-corrected chi connectivity index (χ3v) is 3.67. The number of hydrogen-bond acceptors (Lipinski definition) is 3. The maximum Gasteiger partial charge on any atom is 0.154 e. The molecule has 102 valence electrons. The first-order chi connectivity index (χ1) is 9.67. The van der Waals surface area contributed by atoms with Crippen molar-refractivity contribution in [3.63, 3.8) is 0 Å². The predicted octanol–water partition coefficient (Wildman–Crippen LogP) is 5.26. The van der Waals surface area contributed by atoms with Crippen LogP contribution in [0.15, 0.2) is 39.4 Å². The summed E-state index contributed by atoms with van der Waals surface area (Å²) in [6.45, 7) is 2.10. The van der Waals surface area contributed by atoms with Gasteiger partial charge >= 0.3 is 0 Å². The average Bonchev–Trinajstić information content (AvgIpc) is 2.84. The Balaban J connectivity index is 2.12. The van der Waals surface area contributed by atoms with Gasteiger partial charge in [0, 0.05) is 17.9 Å². The number of hydrogen-bond donors (Lipinski definition) is 0. The minimum atomic E-state index is 0.607. The predicted molar refractivity (Wildman–Crippen MR) is 83.9 cm³/mol. The first-order valence-corrected chi connectivity index (χ1v) is 7.56. The molecular weight excluding hydrogens is 340 g/mol. The van der Waals surface area contributed by atoms with Gasteiger partial charge in [0.1, 0.15) is 16.1 Å². The van der Waals surface area contributed by atoms with Gasteiger partial charge in [-0.05, 0) is 34.5 Å². The molecule has 3 rings (SSSR count). The summed E-state index contributed by atoms with van der Waals surface area (Å²) in [6.07, 6.45) is 1.84. The number of benzene rings is 1. The molecule has 0 bridgehead atoms. The highest BCUT2D eigenvalue weighted by atomic mass is 79.9. The van der Waals surface area contributed by atoms with Crippen LogP contribution in [0, 0.1) is 0 Å². The van der Waals surface area contributed by atoms with Crippen molar-refractivity contribution < 1.29 is 4.42 Å². The minimum Gasteiger partial charge on any atom is -0.453 e. The van der Waals surface area contributed by atoms with E-state index in [1.807, 2.05) is 30.3 Å². The zero-order chi connectivity index (χ0) is 14.1. The lowest BCUT2D eigenvalue weighted by molar-refractivity contribution is 0.627. The van der Waals surface area contributed by atoms with Crippen molar-refractivity contribution in [1.82, 2.24) is 9.97 Å². The monoisotopic (exact) mass is 350 g/mol. The lowest BCUT2D eigenvalue weighted by Gasteiger charge is -2.02. The molecule has 5 heteroatoms. The van der Waals surface area contributed by atoms with Crippen LogP contribution in [0.25, 0.3) is 22.4 Å². The minimum absolute atomic E-state index is 0.607. The Labute approximate surface area is 130 Å². The maximum atomic E-state index is 6.13. The number of nitrogens with zero attached hydrogens (tertiary/aromatic N) is 2. The SMILES string of the molecule is CCCc1nc(Br)cc(-c2cc3cccc(Cl)c3o2)n1. The fourth-order valence-electron chi connectivity index (χ4n) is 2.08. The summed E-state index contributed by atoms with van der Waals surface area (Å²) < 4.78 is 6.59. The second-order valence-electron chi connectivity index (χ2n) is 4.51. The molecule has 0 atom stereocenters. The highest BCUT2D eigenvalue weighted by Gasteiger charge is 2.12. The highest BCUT2D eigenvalue weighted by molar-refractivity contribution is 9.10. The fraction of sp³-hybridized carbons (Fsp3) is 0.200. The van der Waals surface area contributed by atoms with Crippen LogP contribution in [-0.4, -0.2) is 9.97 Å². The van der Waals surface area contributed by atoms with Gasteiger partial charge in [0.2, 0.25) is 0 Å². The first kappa shape index (κ1) is 13.6. The summed E-state index contributed by atoms with van der Waals surface area (Å²) in [5.74, 6) is 1.51. The van der Waals surface area contributed by atoms with E-state index in [1.54, 1.807) is 0 Å². The quantitative estimate of drug-likeness (QED) is 0.604. The van der Waals surface area contributed by atoms with Crippen LogP contribution in [0.2, 0.25) is 5.02 Å². The van der Waals surface area contributed by atoms with Gasteiger partial charge in [-0.25, -0.2) is 9.97 Å². The smallest absolute Gasteiger partial charge is 0.154 e. The Morgan fingerprint density at radius 3 is 2.85 bits per heavy atom. The van der Waals surface area contributed by atoms with Crippen molar-refractivity contribution in [2.45, 2.75) is 19.8 Å². The number of aryl methyl sites for hydroxylation is 1. The van der Waals surface area contributed by atoms with Gasteiger partial charge < -0.3 is 4.42 Å². The van der Waals surface area contributed by atoms with Gasteiger partial charge in [0.05, 0.1) is 5.02 Å². The van der Waals surface area contributed by atoms with E-state index in [9.17, 15) is 0 Å². The molecule has 0 N–H and O–H groups in total. The molecule has 1 aromatic carbocycles. The number of rotatable bonds is 3. The lowest BCUT2D eigenvalue weighted by atomic mass is 10.2. The third-order valence-electron chi connectivity index (χ3n) is 2.96. The van der Waals surface area contributed by atoms with E-state index in [1.165, 1.54) is 0 Å². The lowest BCUT2D eigenvalue weighted by Crippen LogP contribution is -1.96. The van der Waals surface area contributed by atoms with E-state index in [-0.39, 0.29) is 0 Å². The Bertz CT molecular complexity index is 770. The molecule has 2 heterocycles. The van der Waals surface area contributed by atoms with Crippen LogP contribution in [0.3, 0.4) is 0 Å². The second kappa shape index (κ2) is 5.54. The van der Waals surface area contributed by atoms with Crippen LogP contribution >= 0.6 is 27.5 Å². The van der Waals surface area contributed by atoms with E-state index in [0.29, 0.717) is 16.4 Å². The number of halogens is 2. The highest BCUT2D eigenvalue weighted by Crippen LogP contribution is 2.31. The Morgan fingerprint density at radius 2 is 2.10 bits per heavy atom. The van der Waals surface area contributed by atoms with Crippen LogP contribution in [0.1, 0.15) is 19.2 Å². The molecule has 0 aliphatic rings. The number of furan rings is 1. The molecule has 0 aliphatic heterocycles. The van der Waals surface area contributed by atoms with E-state index >= 15 is 0 Å². The summed E-state index contributed by atoms with van der Waals surface area (Å²) in [5, 5.41) is 1.58. The molecule has 3 nitrogen and oxygen atoms in total. The molecule has 0 fully saturated rings. The maximum absolute atomic E-state index is 6.13. The molecule has 20 heavy (non-hydrogen) atoms. The average molecular weight is 352 g/mol. The van der Waals surface area contributed by atoms with Crippen molar-refractivity contribution >= 4 is 38.5 Å². The molecule has 0 spiro atoms. The van der Waals surface area contributed by atoms with Crippen molar-refractivity contribution in [3.8, 4) is 11.5 Å². The molecule has 0 radical (unpaired) electrons. The van der Waals surface area contributed by atoms with Crippen molar-refractivity contribution in [1.29, 1.82) is 0 Å². The van der Waals surface area contributed by atoms with Crippen molar-refractivity contribution in [3.05, 3.63) is 45.8 Å². The van der Waals surface area contributed by atoms with Crippen LogP contribution in [-0.2, 0) is 6.42 Å². The summed E-state index contributed by atoms with van der Waals surface area (Å²) in [4.78, 5) is 8.90. The Morgan fingerprint density at radius 1 is 1.25 bits per heavy atom. The van der Waals surface area contributed by atoms with E-state index in [0.717, 1.165) is 34.3 Å². The summed E-state index contributed by atoms with van der Waals surface area (Å²) in [5.41, 5.74) is 1.46. The summed E-state index contributed by atoms with van der Waals surface area (Å²) in [7, 11) is 0. The number of para-hydroxylation sites is 1. The normalized spacial score (nSPS) is 11.2. The van der Waals surface area contributed by atoms with Crippen LogP contribution < -0.4 is 0 Å². The fourth-order valence-corrected chi connectivity index (χ4v) is 2.72. The van der Waals surface area contributed by atoms with Crippen molar-refractivity contribution in [2.75, 3.05) is 0 Å². The molecule has 0 saturated carbocycles. The van der Waals surface area contributed by atoms with E-state index in [4.69, 9.17) is 16.0 Å². The Hall–Kier alpha value is -1.39. The van der Waals surface area contributed by atoms with Gasteiger partial charge in [-0.15, -0.1) is 0 Å². The molecule has 0 unspecified atom stereocenters. The zero-order valence-electron chi connectivity index (χ0n) is 10.9. The van der Waals surface area contributed by atoms with Crippen LogP contribution in [0.4, 0.5) is 0 Å². The van der Waals surface area contributed by atoms with E-state index < -0.39 is 0 Å². The number of fused-ring (bicyclic) bond motifs is 1. The largest absolute Gasteiger partial charge is 0.453 e. The molecular formula is C15H12BrClN2O. The van der Waals surface area contributed by atoms with Gasteiger partial charge in [-0.2, -0.15) is 0 Å². The number of aromatic nitrogens is 2. The Kier molecular flexibility index (Phi) is 3.76. The molecule has 0 aliphatic carbocycles. The first-order valence-electron chi connectivity index (χ1n) is 6.39. The summed E-state index contributed by atoms with van der Waals surface area (Å²) >= 11 is 9.55. The van der Waals surface area contributed by atoms with Gasteiger partial charge in [-0.1, -0.05) is 30.7 Å². The van der Waals surface area contributed by atoms with Gasteiger partial charge in [0.25, 0.3) is 0 Å². The molecule has 2 aromatic heterocycles. The zero-order valence-corrected chi connectivity index (χ0v) is 13.2. The molecule has 0 saturated heterocycles. The van der Waals surface area contributed by atoms with Crippen LogP contribution in [0.5, 0.6) is 0 Å². The van der Waals surface area contributed by atoms with E-state index in [2.05, 4.69) is 32.8 Å². The van der Waals surface area contributed by atoms with Gasteiger partial charge in [-0.3, -0.25) is 0 Å². The van der Waals surface area contributed by atoms with Crippen molar-refractivity contribution in [2.24, 2.45) is 0 Å². The summed E-state index contributed by atoms with van der Waals surface area (Å²) in [6, 6.07) is 9.49.